The van der Waals surface area contributed by atoms with E-state index in [1.807, 2.05) is 19.0 Å². The third-order valence-electron chi connectivity index (χ3n) is 6.11. The molecule has 0 radical (unpaired) electrons. The molecule has 1 aromatic heterocycles. The molecular formula is C26H23F3N6O2. The van der Waals surface area contributed by atoms with Crippen LogP contribution < -0.4 is 16.1 Å². The molecule has 2 amide bonds. The number of allylic oxidation sites excluding steroid dienone is 1. The highest BCUT2D eigenvalue weighted by Gasteiger charge is 2.32. The summed E-state index contributed by atoms with van der Waals surface area (Å²) in [6.07, 6.45) is 0.0951. The van der Waals surface area contributed by atoms with Crippen LogP contribution in [0.5, 0.6) is 0 Å². The Morgan fingerprint density at radius 3 is 2.59 bits per heavy atom. The summed E-state index contributed by atoms with van der Waals surface area (Å²) < 4.78 is 42.1. The van der Waals surface area contributed by atoms with E-state index >= 15 is 0 Å². The molecule has 5 rings (SSSR count). The van der Waals surface area contributed by atoms with Gasteiger partial charge in [-0.2, -0.15) is 13.2 Å². The third kappa shape index (κ3) is 4.85. The molecule has 0 unspecified atom stereocenters. The van der Waals surface area contributed by atoms with Crippen molar-refractivity contribution in [3.8, 4) is 5.69 Å². The minimum atomic E-state index is -4.64. The van der Waals surface area contributed by atoms with E-state index in [1.165, 1.54) is 17.0 Å². The van der Waals surface area contributed by atoms with Gasteiger partial charge in [0.15, 0.2) is 0 Å². The molecule has 190 valence electrons. The van der Waals surface area contributed by atoms with E-state index in [9.17, 15) is 22.8 Å². The number of nitrogens with zero attached hydrogens (tertiary/aromatic N) is 3. The molecular weight excluding hydrogens is 485 g/mol. The predicted molar refractivity (Wildman–Crippen MR) is 133 cm³/mol. The maximum Gasteiger partial charge on any atom is 0.416 e. The molecule has 8 nitrogen and oxygen atoms in total. The highest BCUT2D eigenvalue weighted by atomic mass is 19.4. The van der Waals surface area contributed by atoms with Crippen molar-refractivity contribution in [2.24, 2.45) is 0 Å². The van der Waals surface area contributed by atoms with Gasteiger partial charge in [-0.1, -0.05) is 6.07 Å². The summed E-state index contributed by atoms with van der Waals surface area (Å²) in [5.41, 5.74) is 6.75. The number of anilines is 2. The van der Waals surface area contributed by atoms with Crippen LogP contribution in [0.25, 0.3) is 11.3 Å². The number of benzene rings is 2. The lowest BCUT2D eigenvalue weighted by Gasteiger charge is -2.13. The van der Waals surface area contributed by atoms with Crippen molar-refractivity contribution in [2.45, 2.75) is 20.0 Å². The fourth-order valence-electron chi connectivity index (χ4n) is 4.32. The van der Waals surface area contributed by atoms with Crippen molar-refractivity contribution in [3.05, 3.63) is 88.7 Å². The van der Waals surface area contributed by atoms with Crippen molar-refractivity contribution >= 4 is 28.8 Å². The number of carbonyl (C=O) groups excluding carboxylic acids is 2. The van der Waals surface area contributed by atoms with E-state index in [1.54, 1.807) is 37.4 Å². The molecule has 3 N–H and O–H groups in total. The number of halogens is 3. The van der Waals surface area contributed by atoms with Gasteiger partial charge in [-0.25, -0.2) is 9.99 Å². The maximum absolute atomic E-state index is 13.6. The Bertz CT molecular complexity index is 1500. The monoisotopic (exact) mass is 508 g/mol. The molecule has 3 heterocycles. The normalized spacial score (nSPS) is 16.7. The van der Waals surface area contributed by atoms with Gasteiger partial charge in [0, 0.05) is 42.3 Å². The molecule has 11 heteroatoms. The second-order valence-corrected chi connectivity index (χ2v) is 9.08. The van der Waals surface area contributed by atoms with Crippen LogP contribution >= 0.6 is 0 Å². The standard InChI is InChI=1S/C26H23F3N6O2/c1-14-11-34(3)33-22(14)10-21-20-5-4-18(9-23(20)32-25(21)37)31-24(36)16-6-17(26(27,28)29)8-19(7-16)35-12-15(2)30-13-35/h4-10,12-13,33H,11H2,1-3H3,(H,31,36)(H,32,37). The van der Waals surface area contributed by atoms with Crippen LogP contribution in [0.2, 0.25) is 0 Å². The van der Waals surface area contributed by atoms with Crippen molar-refractivity contribution in [1.29, 1.82) is 0 Å². The van der Waals surface area contributed by atoms with Crippen LogP contribution in [0.4, 0.5) is 24.5 Å². The molecule has 0 spiro atoms. The zero-order valence-corrected chi connectivity index (χ0v) is 20.2. The fraction of sp³-hybridized carbons (Fsp3) is 0.192. The first kappa shape index (κ1) is 24.3. The molecule has 3 aromatic rings. The summed E-state index contributed by atoms with van der Waals surface area (Å²) in [6, 6.07) is 8.01. The smallest absolute Gasteiger partial charge is 0.322 e. The number of fused-ring (bicyclic) bond motifs is 1. The Morgan fingerprint density at radius 2 is 1.95 bits per heavy atom. The fourth-order valence-corrected chi connectivity index (χ4v) is 4.32. The average molecular weight is 509 g/mol. The highest BCUT2D eigenvalue weighted by Crippen LogP contribution is 2.36. The number of imidazole rings is 1. The number of nitrogens with one attached hydrogen (secondary N) is 3. The lowest BCUT2D eigenvalue weighted by Crippen LogP contribution is -2.27. The van der Waals surface area contributed by atoms with E-state index in [-0.39, 0.29) is 17.2 Å². The van der Waals surface area contributed by atoms with Gasteiger partial charge >= 0.3 is 6.18 Å². The number of alkyl halides is 3. The summed E-state index contributed by atoms with van der Waals surface area (Å²) in [6.45, 7) is 4.42. The Balaban J connectivity index is 1.43. The number of rotatable bonds is 4. The Kier molecular flexibility index (Phi) is 5.87. The molecule has 2 aromatic carbocycles. The summed E-state index contributed by atoms with van der Waals surface area (Å²) in [5, 5.41) is 7.32. The van der Waals surface area contributed by atoms with Crippen molar-refractivity contribution in [2.75, 3.05) is 24.2 Å². The minimum absolute atomic E-state index is 0.160. The Morgan fingerprint density at radius 1 is 1.16 bits per heavy atom. The van der Waals surface area contributed by atoms with Gasteiger partial charge in [0.2, 0.25) is 0 Å². The minimum Gasteiger partial charge on any atom is -0.322 e. The molecule has 2 aliphatic heterocycles. The average Bonchev–Trinajstić information content (AvgIpc) is 3.49. The van der Waals surface area contributed by atoms with E-state index in [0.717, 1.165) is 29.9 Å². The van der Waals surface area contributed by atoms with Crippen LogP contribution in [-0.2, 0) is 11.0 Å². The molecule has 0 atom stereocenters. The van der Waals surface area contributed by atoms with Crippen LogP contribution in [-0.4, -0.2) is 40.0 Å². The van der Waals surface area contributed by atoms with Crippen LogP contribution in [0.3, 0.4) is 0 Å². The number of hydrogen-bond acceptors (Lipinski definition) is 5. The molecule has 2 aliphatic rings. The predicted octanol–water partition coefficient (Wildman–Crippen LogP) is 4.51. The second kappa shape index (κ2) is 8.93. The number of hydrogen-bond donors (Lipinski definition) is 3. The van der Waals surface area contributed by atoms with Gasteiger partial charge in [0.1, 0.15) is 0 Å². The molecule has 0 bridgehead atoms. The SMILES string of the molecule is CC1=C(C=C2C(=O)Nc3cc(NC(=O)c4cc(-n5cnc(C)c5)cc(C(F)(F)F)c4)ccc32)NN(C)C1. The van der Waals surface area contributed by atoms with Crippen LogP contribution in [0, 0.1) is 6.92 Å². The number of amides is 2. The topological polar surface area (TPSA) is 91.3 Å². The number of aryl methyl sites for hydroxylation is 1. The maximum atomic E-state index is 13.6. The summed E-state index contributed by atoms with van der Waals surface area (Å²) in [5.74, 6) is -1.00. The summed E-state index contributed by atoms with van der Waals surface area (Å²) in [4.78, 5) is 29.7. The van der Waals surface area contributed by atoms with Gasteiger partial charge in [-0.3, -0.25) is 9.59 Å². The van der Waals surface area contributed by atoms with E-state index in [4.69, 9.17) is 0 Å². The quantitative estimate of drug-likeness (QED) is 0.451. The van der Waals surface area contributed by atoms with Crippen molar-refractivity contribution in [1.82, 2.24) is 20.0 Å². The first-order chi connectivity index (χ1) is 17.5. The number of aromatic nitrogens is 2. The number of carbonyl (C=O) groups is 2. The molecule has 0 saturated carbocycles. The third-order valence-corrected chi connectivity index (χ3v) is 6.11. The molecule has 0 fully saturated rings. The summed E-state index contributed by atoms with van der Waals surface area (Å²) in [7, 11) is 1.90. The molecule has 37 heavy (non-hydrogen) atoms. The van der Waals surface area contributed by atoms with Crippen LogP contribution in [0.15, 0.2) is 66.3 Å². The van der Waals surface area contributed by atoms with Crippen molar-refractivity contribution in [3.63, 3.8) is 0 Å². The van der Waals surface area contributed by atoms with Crippen molar-refractivity contribution < 1.29 is 22.8 Å². The zero-order valence-electron chi connectivity index (χ0n) is 20.2. The summed E-state index contributed by atoms with van der Waals surface area (Å²) >= 11 is 0. The van der Waals surface area contributed by atoms with Crippen LogP contribution in [0.1, 0.15) is 34.1 Å². The Labute approximate surface area is 210 Å². The lowest BCUT2D eigenvalue weighted by atomic mass is 10.0. The van der Waals surface area contributed by atoms with Gasteiger partial charge < -0.3 is 20.6 Å². The molecule has 0 saturated heterocycles. The van der Waals surface area contributed by atoms with Gasteiger partial charge in [-0.05, 0) is 55.8 Å². The first-order valence-electron chi connectivity index (χ1n) is 11.4. The first-order valence-corrected chi connectivity index (χ1v) is 11.4. The number of likely N-dealkylation sites (N-methyl/N-ethyl adjacent to an activating group) is 1. The zero-order chi connectivity index (χ0) is 26.5. The Hall–Kier alpha value is -4.38. The van der Waals surface area contributed by atoms with E-state index in [0.29, 0.717) is 28.2 Å². The van der Waals surface area contributed by atoms with Gasteiger partial charge in [-0.15, -0.1) is 0 Å². The molecule has 0 aliphatic carbocycles. The largest absolute Gasteiger partial charge is 0.416 e. The van der Waals surface area contributed by atoms with Gasteiger partial charge in [0.05, 0.1) is 34.5 Å². The van der Waals surface area contributed by atoms with E-state index < -0.39 is 17.6 Å². The lowest BCUT2D eigenvalue weighted by molar-refractivity contribution is -0.137. The second-order valence-electron chi connectivity index (χ2n) is 9.08. The highest BCUT2D eigenvalue weighted by molar-refractivity contribution is 6.32. The van der Waals surface area contributed by atoms with E-state index in [2.05, 4.69) is 21.0 Å². The van der Waals surface area contributed by atoms with Gasteiger partial charge in [0.25, 0.3) is 11.8 Å². The number of hydrazine groups is 1.